The summed E-state index contributed by atoms with van der Waals surface area (Å²) in [5.41, 5.74) is -1.32. The number of hydrogen-bond donors (Lipinski definition) is 1. The van der Waals surface area contributed by atoms with Gasteiger partial charge in [-0.2, -0.15) is 0 Å². The molecular formula is C16H30N2O4. The summed E-state index contributed by atoms with van der Waals surface area (Å²) in [4.78, 5) is 26.1. The molecule has 22 heavy (non-hydrogen) atoms. The monoisotopic (exact) mass is 314 g/mol. The van der Waals surface area contributed by atoms with E-state index in [4.69, 9.17) is 9.47 Å². The molecule has 0 radical (unpaired) electrons. The van der Waals surface area contributed by atoms with E-state index >= 15 is 0 Å². The van der Waals surface area contributed by atoms with E-state index in [1.165, 1.54) is 0 Å². The molecule has 1 heterocycles. The lowest BCUT2D eigenvalue weighted by Crippen LogP contribution is -2.50. The second-order valence-corrected chi connectivity index (χ2v) is 7.82. The maximum absolute atomic E-state index is 12.5. The van der Waals surface area contributed by atoms with Crippen LogP contribution in [0.3, 0.4) is 0 Å². The predicted molar refractivity (Wildman–Crippen MR) is 84.7 cm³/mol. The van der Waals surface area contributed by atoms with Crippen LogP contribution in [0.1, 0.15) is 54.9 Å². The van der Waals surface area contributed by atoms with Crippen LogP contribution >= 0.6 is 0 Å². The van der Waals surface area contributed by atoms with Gasteiger partial charge in [-0.3, -0.25) is 0 Å². The first kappa shape index (κ1) is 18.7. The fourth-order valence-corrected chi connectivity index (χ4v) is 2.33. The lowest BCUT2D eigenvalue weighted by atomic mass is 9.99. The third kappa shape index (κ3) is 5.83. The Balaban J connectivity index is 2.93. The van der Waals surface area contributed by atoms with Crippen LogP contribution in [0.25, 0.3) is 0 Å². The van der Waals surface area contributed by atoms with Crippen LogP contribution in [0, 0.1) is 5.92 Å². The number of carbonyl (C=O) groups excluding carboxylic acids is 2. The van der Waals surface area contributed by atoms with Crippen LogP contribution in [0.2, 0.25) is 0 Å². The molecule has 1 rings (SSSR count). The summed E-state index contributed by atoms with van der Waals surface area (Å²) in [5.74, 6) is 0.208. The molecule has 2 atom stereocenters. The van der Waals surface area contributed by atoms with Gasteiger partial charge in [0.05, 0.1) is 0 Å². The van der Waals surface area contributed by atoms with Crippen LogP contribution in [0.15, 0.2) is 0 Å². The molecule has 1 N–H and O–H groups in total. The average Bonchev–Trinajstić information content (AvgIpc) is 2.76. The molecule has 1 aliphatic heterocycles. The van der Waals surface area contributed by atoms with Crippen LogP contribution in [-0.4, -0.2) is 47.4 Å². The molecule has 1 saturated heterocycles. The van der Waals surface area contributed by atoms with Crippen LogP contribution in [-0.2, 0) is 9.47 Å². The number of rotatable bonds is 2. The van der Waals surface area contributed by atoms with E-state index in [1.54, 1.807) is 41.5 Å². The van der Waals surface area contributed by atoms with Crippen molar-refractivity contribution < 1.29 is 19.1 Å². The second-order valence-electron chi connectivity index (χ2n) is 7.82. The summed E-state index contributed by atoms with van der Waals surface area (Å²) in [6.45, 7) is 14.2. The van der Waals surface area contributed by atoms with Crippen molar-refractivity contribution in [3.63, 3.8) is 0 Å². The molecule has 0 saturated carbocycles. The van der Waals surface area contributed by atoms with E-state index in [0.29, 0.717) is 0 Å². The van der Waals surface area contributed by atoms with Gasteiger partial charge < -0.3 is 14.8 Å². The molecule has 0 bridgehead atoms. The highest BCUT2D eigenvalue weighted by molar-refractivity contribution is 5.88. The Hall–Kier alpha value is -1.30. The second kappa shape index (κ2) is 6.86. The van der Waals surface area contributed by atoms with Crippen LogP contribution in [0.4, 0.5) is 9.59 Å². The number of ether oxygens (including phenoxy) is 2. The molecule has 1 fully saturated rings. The first-order valence-corrected chi connectivity index (χ1v) is 7.86. The molecule has 2 amide bonds. The molecule has 6 heteroatoms. The fraction of sp³-hybridized carbons (Fsp3) is 0.875. The summed E-state index contributed by atoms with van der Waals surface area (Å²) in [6.07, 6.45) is -0.384. The Morgan fingerprint density at radius 2 is 1.50 bits per heavy atom. The minimum atomic E-state index is -0.662. The van der Waals surface area contributed by atoms with Gasteiger partial charge >= 0.3 is 12.2 Å². The van der Waals surface area contributed by atoms with Crippen molar-refractivity contribution in [1.82, 2.24) is 10.2 Å². The molecule has 0 aromatic carbocycles. The summed E-state index contributed by atoms with van der Waals surface area (Å²) in [5, 5.41) is 3.25. The van der Waals surface area contributed by atoms with E-state index in [0.717, 1.165) is 24.4 Å². The van der Waals surface area contributed by atoms with Gasteiger partial charge in [-0.15, -0.1) is 0 Å². The first-order valence-electron chi connectivity index (χ1n) is 7.86. The quantitative estimate of drug-likeness (QED) is 0.848. The maximum atomic E-state index is 12.5. The van der Waals surface area contributed by atoms with E-state index in [2.05, 4.69) is 5.32 Å². The van der Waals surface area contributed by atoms with Crippen molar-refractivity contribution in [2.24, 2.45) is 5.92 Å². The molecule has 0 aromatic rings. The van der Waals surface area contributed by atoms with Gasteiger partial charge in [0.2, 0.25) is 0 Å². The van der Waals surface area contributed by atoms with Gasteiger partial charge in [0.1, 0.15) is 11.2 Å². The summed E-state index contributed by atoms with van der Waals surface area (Å²) in [7, 11) is 0. The Morgan fingerprint density at radius 1 is 1.05 bits per heavy atom. The number of nitrogens with one attached hydrogen (secondary N) is 1. The van der Waals surface area contributed by atoms with Gasteiger partial charge in [0.15, 0.2) is 0 Å². The Labute approximate surface area is 133 Å². The zero-order chi connectivity index (χ0) is 17.1. The highest BCUT2D eigenvalue weighted by atomic mass is 16.6. The first-order chi connectivity index (χ1) is 9.91. The van der Waals surface area contributed by atoms with Crippen molar-refractivity contribution in [1.29, 1.82) is 0 Å². The smallest absolute Gasteiger partial charge is 0.420 e. The Morgan fingerprint density at radius 3 is 1.82 bits per heavy atom. The fourth-order valence-electron chi connectivity index (χ4n) is 2.33. The molecule has 0 aromatic heterocycles. The molecule has 0 aliphatic carbocycles. The number of imide groups is 1. The topological polar surface area (TPSA) is 67.9 Å². The zero-order valence-electron chi connectivity index (χ0n) is 14.9. The number of hydrogen-bond acceptors (Lipinski definition) is 5. The lowest BCUT2D eigenvalue weighted by molar-refractivity contribution is -0.0103. The third-order valence-corrected chi connectivity index (χ3v) is 3.37. The molecule has 1 aliphatic rings. The third-order valence-electron chi connectivity index (χ3n) is 3.37. The predicted octanol–water partition coefficient (Wildman–Crippen LogP) is 3.16. The van der Waals surface area contributed by atoms with E-state index in [-0.39, 0.29) is 12.0 Å². The molecule has 0 unspecified atom stereocenters. The van der Waals surface area contributed by atoms with Gasteiger partial charge in [0.25, 0.3) is 0 Å². The standard InChI is InChI=1S/C16H30N2O4/c1-11(12-8-9-17-10-12)18(13(19)21-15(2,3)4)14(20)22-16(5,6)7/h11-12,17H,8-10H2,1-7H3/t11-,12+/m0/s1. The minimum Gasteiger partial charge on any atom is -0.443 e. The van der Waals surface area contributed by atoms with E-state index in [1.807, 2.05) is 6.92 Å². The number of amides is 2. The molecule has 6 nitrogen and oxygen atoms in total. The lowest BCUT2D eigenvalue weighted by Gasteiger charge is -2.34. The van der Waals surface area contributed by atoms with Crippen LogP contribution in [0.5, 0.6) is 0 Å². The van der Waals surface area contributed by atoms with Gasteiger partial charge in [-0.05, 0) is 73.9 Å². The van der Waals surface area contributed by atoms with Gasteiger partial charge in [0, 0.05) is 6.04 Å². The van der Waals surface area contributed by atoms with Crippen molar-refractivity contribution in [3.05, 3.63) is 0 Å². The molecular weight excluding hydrogens is 284 g/mol. The summed E-state index contributed by atoms with van der Waals surface area (Å²) in [6, 6.07) is -0.278. The van der Waals surface area contributed by atoms with Crippen molar-refractivity contribution in [2.45, 2.75) is 72.1 Å². The SMILES string of the molecule is C[C@@H]([C@@H]1CCNC1)N(C(=O)OC(C)(C)C)C(=O)OC(C)(C)C. The number of carbonyl (C=O) groups is 2. The normalized spacial score (nSPS) is 20.4. The zero-order valence-corrected chi connectivity index (χ0v) is 14.9. The van der Waals surface area contributed by atoms with E-state index in [9.17, 15) is 9.59 Å². The summed E-state index contributed by atoms with van der Waals surface area (Å²) >= 11 is 0. The highest BCUT2D eigenvalue weighted by Gasteiger charge is 2.38. The maximum Gasteiger partial charge on any atom is 0.420 e. The largest absolute Gasteiger partial charge is 0.443 e. The molecule has 0 spiro atoms. The average molecular weight is 314 g/mol. The Kier molecular flexibility index (Phi) is 5.84. The summed E-state index contributed by atoms with van der Waals surface area (Å²) < 4.78 is 10.8. The van der Waals surface area contributed by atoms with E-state index < -0.39 is 23.4 Å². The molecule has 128 valence electrons. The van der Waals surface area contributed by atoms with Crippen LogP contribution < -0.4 is 5.32 Å². The van der Waals surface area contributed by atoms with Crippen molar-refractivity contribution in [2.75, 3.05) is 13.1 Å². The van der Waals surface area contributed by atoms with Crippen molar-refractivity contribution in [3.8, 4) is 0 Å². The van der Waals surface area contributed by atoms with Gasteiger partial charge in [-0.25, -0.2) is 14.5 Å². The Bertz CT molecular complexity index is 375. The minimum absolute atomic E-state index is 0.208. The van der Waals surface area contributed by atoms with Crippen molar-refractivity contribution >= 4 is 12.2 Å². The van der Waals surface area contributed by atoms with Gasteiger partial charge in [-0.1, -0.05) is 0 Å². The number of nitrogens with zero attached hydrogens (tertiary/aromatic N) is 1. The highest BCUT2D eigenvalue weighted by Crippen LogP contribution is 2.23.